The number of nitriles is 1. The van der Waals surface area contributed by atoms with E-state index in [2.05, 4.69) is 24.0 Å². The van der Waals surface area contributed by atoms with Crippen LogP contribution in [0, 0.1) is 11.3 Å². The normalized spacial score (nSPS) is 11.8. The molecular weight excluding hydrogens is 196 g/mol. The van der Waals surface area contributed by atoms with E-state index in [1.54, 1.807) is 6.20 Å². The van der Waals surface area contributed by atoms with Gasteiger partial charge in [0.2, 0.25) is 0 Å². The third-order valence-corrected chi connectivity index (χ3v) is 2.70. The maximum atomic E-state index is 8.85. The SMILES string of the molecule is CC(c1cccnc1)c1cccc(C#N)c1. The minimum absolute atomic E-state index is 0.266. The number of pyridine rings is 1. The van der Waals surface area contributed by atoms with Gasteiger partial charge in [0, 0.05) is 18.3 Å². The standard InChI is InChI=1S/C14H12N2/c1-11(14-6-3-7-16-10-14)13-5-2-4-12(8-13)9-15/h2-8,10-11H,1H3. The Balaban J connectivity index is 2.35. The van der Waals surface area contributed by atoms with Crippen LogP contribution in [-0.4, -0.2) is 4.98 Å². The summed E-state index contributed by atoms with van der Waals surface area (Å²) in [5, 5.41) is 8.85. The van der Waals surface area contributed by atoms with Crippen molar-refractivity contribution in [1.82, 2.24) is 4.98 Å². The number of benzene rings is 1. The molecule has 1 aromatic heterocycles. The van der Waals surface area contributed by atoms with Gasteiger partial charge < -0.3 is 0 Å². The van der Waals surface area contributed by atoms with Crippen LogP contribution >= 0.6 is 0 Å². The van der Waals surface area contributed by atoms with Crippen LogP contribution in [0.1, 0.15) is 29.5 Å². The smallest absolute Gasteiger partial charge is 0.0991 e. The third kappa shape index (κ3) is 2.09. The molecule has 2 heteroatoms. The highest BCUT2D eigenvalue weighted by molar-refractivity contribution is 5.37. The van der Waals surface area contributed by atoms with Crippen molar-refractivity contribution >= 4 is 0 Å². The van der Waals surface area contributed by atoms with Gasteiger partial charge in [-0.2, -0.15) is 5.26 Å². The van der Waals surface area contributed by atoms with E-state index in [1.807, 2.05) is 36.5 Å². The summed E-state index contributed by atoms with van der Waals surface area (Å²) >= 11 is 0. The van der Waals surface area contributed by atoms with E-state index in [1.165, 1.54) is 0 Å². The minimum Gasteiger partial charge on any atom is -0.264 e. The zero-order valence-electron chi connectivity index (χ0n) is 9.09. The molecule has 0 aliphatic carbocycles. The predicted octanol–water partition coefficient (Wildman–Crippen LogP) is 3.11. The van der Waals surface area contributed by atoms with Crippen molar-refractivity contribution in [2.45, 2.75) is 12.8 Å². The molecule has 0 aliphatic rings. The average Bonchev–Trinajstić information content (AvgIpc) is 2.39. The molecule has 2 nitrogen and oxygen atoms in total. The van der Waals surface area contributed by atoms with E-state index < -0.39 is 0 Å². The monoisotopic (exact) mass is 208 g/mol. The molecule has 2 rings (SSSR count). The highest BCUT2D eigenvalue weighted by atomic mass is 14.6. The third-order valence-electron chi connectivity index (χ3n) is 2.70. The van der Waals surface area contributed by atoms with Crippen molar-refractivity contribution in [1.29, 1.82) is 5.26 Å². The first kappa shape index (κ1) is 10.4. The minimum atomic E-state index is 0.266. The van der Waals surface area contributed by atoms with E-state index in [9.17, 15) is 0 Å². The van der Waals surface area contributed by atoms with Gasteiger partial charge in [0.25, 0.3) is 0 Å². The van der Waals surface area contributed by atoms with E-state index in [4.69, 9.17) is 5.26 Å². The van der Waals surface area contributed by atoms with Crippen molar-refractivity contribution in [3.63, 3.8) is 0 Å². The van der Waals surface area contributed by atoms with Crippen LogP contribution < -0.4 is 0 Å². The van der Waals surface area contributed by atoms with Gasteiger partial charge in [-0.1, -0.05) is 25.1 Å². The zero-order valence-corrected chi connectivity index (χ0v) is 9.09. The Morgan fingerprint density at radius 1 is 1.19 bits per heavy atom. The molecular formula is C14H12N2. The number of aromatic nitrogens is 1. The average molecular weight is 208 g/mol. The van der Waals surface area contributed by atoms with Crippen LogP contribution in [0.3, 0.4) is 0 Å². The second kappa shape index (κ2) is 4.59. The summed E-state index contributed by atoms with van der Waals surface area (Å²) in [6.45, 7) is 2.12. The van der Waals surface area contributed by atoms with Crippen LogP contribution in [0.2, 0.25) is 0 Å². The maximum Gasteiger partial charge on any atom is 0.0991 e. The van der Waals surface area contributed by atoms with Gasteiger partial charge in [0.15, 0.2) is 0 Å². The number of hydrogen-bond donors (Lipinski definition) is 0. The molecule has 0 bridgehead atoms. The molecule has 0 amide bonds. The topological polar surface area (TPSA) is 36.7 Å². The van der Waals surface area contributed by atoms with Gasteiger partial charge in [0.1, 0.15) is 0 Å². The Bertz CT molecular complexity index is 512. The molecule has 0 spiro atoms. The van der Waals surface area contributed by atoms with Gasteiger partial charge in [-0.05, 0) is 29.3 Å². The van der Waals surface area contributed by atoms with E-state index in [0.717, 1.165) is 11.1 Å². The zero-order chi connectivity index (χ0) is 11.4. The quantitative estimate of drug-likeness (QED) is 0.760. The first-order valence-electron chi connectivity index (χ1n) is 5.21. The van der Waals surface area contributed by atoms with Gasteiger partial charge >= 0.3 is 0 Å². The maximum absolute atomic E-state index is 8.85. The Hall–Kier alpha value is -2.14. The second-order valence-electron chi connectivity index (χ2n) is 3.75. The molecule has 0 N–H and O–H groups in total. The molecule has 0 fully saturated rings. The lowest BCUT2D eigenvalue weighted by molar-refractivity contribution is 0.911. The number of hydrogen-bond acceptors (Lipinski definition) is 2. The lowest BCUT2D eigenvalue weighted by Crippen LogP contribution is -1.96. The predicted molar refractivity (Wildman–Crippen MR) is 62.9 cm³/mol. The fourth-order valence-electron chi connectivity index (χ4n) is 1.70. The molecule has 16 heavy (non-hydrogen) atoms. The summed E-state index contributed by atoms with van der Waals surface area (Å²) in [6, 6.07) is 13.8. The Morgan fingerprint density at radius 3 is 2.69 bits per heavy atom. The van der Waals surface area contributed by atoms with Crippen LogP contribution in [0.25, 0.3) is 0 Å². The Labute approximate surface area is 95.2 Å². The van der Waals surface area contributed by atoms with Gasteiger partial charge in [-0.25, -0.2) is 0 Å². The van der Waals surface area contributed by atoms with Crippen molar-refractivity contribution < 1.29 is 0 Å². The van der Waals surface area contributed by atoms with E-state index >= 15 is 0 Å². The van der Waals surface area contributed by atoms with Crippen molar-refractivity contribution in [2.75, 3.05) is 0 Å². The van der Waals surface area contributed by atoms with Crippen LogP contribution in [0.4, 0.5) is 0 Å². The van der Waals surface area contributed by atoms with E-state index in [0.29, 0.717) is 5.56 Å². The molecule has 2 aromatic rings. The van der Waals surface area contributed by atoms with Crippen molar-refractivity contribution in [3.05, 3.63) is 65.5 Å². The summed E-state index contributed by atoms with van der Waals surface area (Å²) in [4.78, 5) is 4.11. The largest absolute Gasteiger partial charge is 0.264 e. The highest BCUT2D eigenvalue weighted by Crippen LogP contribution is 2.23. The molecule has 1 unspecified atom stereocenters. The molecule has 1 atom stereocenters. The summed E-state index contributed by atoms with van der Waals surface area (Å²) < 4.78 is 0. The summed E-state index contributed by atoms with van der Waals surface area (Å²) in [7, 11) is 0. The van der Waals surface area contributed by atoms with Gasteiger partial charge in [-0.3, -0.25) is 4.98 Å². The molecule has 1 aromatic carbocycles. The number of rotatable bonds is 2. The van der Waals surface area contributed by atoms with Crippen LogP contribution in [0.5, 0.6) is 0 Å². The summed E-state index contributed by atoms with van der Waals surface area (Å²) in [6.07, 6.45) is 3.63. The van der Waals surface area contributed by atoms with Crippen molar-refractivity contribution in [2.24, 2.45) is 0 Å². The second-order valence-corrected chi connectivity index (χ2v) is 3.75. The molecule has 0 saturated carbocycles. The highest BCUT2D eigenvalue weighted by Gasteiger charge is 2.08. The van der Waals surface area contributed by atoms with Crippen LogP contribution in [-0.2, 0) is 0 Å². The first-order valence-corrected chi connectivity index (χ1v) is 5.21. The van der Waals surface area contributed by atoms with Gasteiger partial charge in [0.05, 0.1) is 11.6 Å². The molecule has 0 radical (unpaired) electrons. The fraction of sp³-hybridized carbons (Fsp3) is 0.143. The lowest BCUT2D eigenvalue weighted by atomic mass is 9.93. The Kier molecular flexibility index (Phi) is 2.98. The molecule has 78 valence electrons. The lowest BCUT2D eigenvalue weighted by Gasteiger charge is -2.11. The van der Waals surface area contributed by atoms with Crippen molar-refractivity contribution in [3.8, 4) is 6.07 Å². The summed E-state index contributed by atoms with van der Waals surface area (Å²) in [5.41, 5.74) is 3.01. The van der Waals surface area contributed by atoms with Crippen LogP contribution in [0.15, 0.2) is 48.8 Å². The Morgan fingerprint density at radius 2 is 2.00 bits per heavy atom. The molecule has 1 heterocycles. The fourth-order valence-corrected chi connectivity index (χ4v) is 1.70. The molecule has 0 aliphatic heterocycles. The van der Waals surface area contributed by atoms with E-state index in [-0.39, 0.29) is 5.92 Å². The number of nitrogens with zero attached hydrogens (tertiary/aromatic N) is 2. The first-order chi connectivity index (χ1) is 7.81. The molecule has 0 saturated heterocycles. The summed E-state index contributed by atoms with van der Waals surface area (Å²) in [5.74, 6) is 0.266. The van der Waals surface area contributed by atoms with Gasteiger partial charge in [-0.15, -0.1) is 0 Å².